The zero-order chi connectivity index (χ0) is 26.8. The highest BCUT2D eigenvalue weighted by molar-refractivity contribution is 5.82. The number of aromatic nitrogens is 5. The van der Waals surface area contributed by atoms with Crippen molar-refractivity contribution in [3.63, 3.8) is 0 Å². The van der Waals surface area contributed by atoms with Crippen LogP contribution >= 0.6 is 0 Å². The molecule has 0 unspecified atom stereocenters. The summed E-state index contributed by atoms with van der Waals surface area (Å²) in [5.74, 6) is 1.15. The predicted molar refractivity (Wildman–Crippen MR) is 143 cm³/mol. The van der Waals surface area contributed by atoms with Crippen LogP contribution in [0.2, 0.25) is 0 Å². The summed E-state index contributed by atoms with van der Waals surface area (Å²) in [4.78, 5) is 19.1. The molecule has 1 aliphatic heterocycles. The second-order valence-corrected chi connectivity index (χ2v) is 10.00. The van der Waals surface area contributed by atoms with Gasteiger partial charge in [-0.2, -0.15) is 5.10 Å². The van der Waals surface area contributed by atoms with E-state index in [1.54, 1.807) is 11.9 Å². The number of benzene rings is 1. The quantitative estimate of drug-likeness (QED) is 0.366. The van der Waals surface area contributed by atoms with E-state index in [-0.39, 0.29) is 18.4 Å². The molecule has 2 N–H and O–H groups in total. The maximum Gasteiger partial charge on any atom is 0.247 e. The number of hydrogen-bond donors (Lipinski definition) is 2. The molecule has 1 atom stereocenters. The van der Waals surface area contributed by atoms with E-state index >= 15 is 0 Å². The van der Waals surface area contributed by atoms with Gasteiger partial charge in [0.1, 0.15) is 6.04 Å². The molecule has 38 heavy (non-hydrogen) atoms. The molecule has 1 amide bonds. The monoisotopic (exact) mass is 517 g/mol. The summed E-state index contributed by atoms with van der Waals surface area (Å²) in [5, 5.41) is 25.7. The molecule has 0 aliphatic carbocycles. The van der Waals surface area contributed by atoms with E-state index in [1.165, 1.54) is 5.56 Å². The molecule has 1 saturated heterocycles. The van der Waals surface area contributed by atoms with Gasteiger partial charge in [0.05, 0.1) is 12.3 Å². The number of hydrogen-bond acceptors (Lipinski definition) is 8. The van der Waals surface area contributed by atoms with E-state index in [2.05, 4.69) is 47.6 Å². The number of aliphatic hydroxyl groups excluding tert-OH is 1. The Balaban J connectivity index is 1.27. The maximum atomic E-state index is 12.5. The number of carbonyl (C=O) groups excluding carboxylic acids is 1. The summed E-state index contributed by atoms with van der Waals surface area (Å²) in [6.45, 7) is 7.19. The van der Waals surface area contributed by atoms with Crippen LogP contribution in [-0.4, -0.2) is 73.5 Å². The molecule has 5 rings (SSSR count). The number of fused-ring (bicyclic) bond motifs is 1. The first kappa shape index (κ1) is 26.0. The molecule has 0 saturated carbocycles. The Morgan fingerprint density at radius 3 is 2.58 bits per heavy atom. The number of amides is 1. The zero-order valence-electron chi connectivity index (χ0n) is 22.4. The van der Waals surface area contributed by atoms with Crippen LogP contribution in [0, 0.1) is 13.8 Å². The first-order valence-corrected chi connectivity index (χ1v) is 13.3. The van der Waals surface area contributed by atoms with Crippen LogP contribution in [0.3, 0.4) is 0 Å². The Morgan fingerprint density at radius 2 is 1.92 bits per heavy atom. The highest BCUT2D eigenvalue weighted by atomic mass is 16.4. The van der Waals surface area contributed by atoms with Gasteiger partial charge >= 0.3 is 0 Å². The molecular formula is C28H35N7O3. The molecule has 4 aromatic rings. The van der Waals surface area contributed by atoms with Crippen molar-refractivity contribution in [1.82, 2.24) is 35.0 Å². The molecule has 1 aromatic carbocycles. The SMILES string of the molecule is CCc1nn2c(C)cc(C)nc2c1Cc1ccc(-c2nnc(C3CCN(C(=O)[C@H](CO)NC)CC3)o2)cc1. The lowest BCUT2D eigenvalue weighted by Crippen LogP contribution is -2.49. The van der Waals surface area contributed by atoms with E-state index in [0.717, 1.165) is 59.5 Å². The largest absolute Gasteiger partial charge is 0.420 e. The van der Waals surface area contributed by atoms with Gasteiger partial charge in [-0.3, -0.25) is 4.79 Å². The molecule has 0 spiro atoms. The highest BCUT2D eigenvalue weighted by Gasteiger charge is 2.30. The fourth-order valence-corrected chi connectivity index (χ4v) is 5.22. The van der Waals surface area contributed by atoms with Crippen molar-refractivity contribution in [1.29, 1.82) is 0 Å². The minimum Gasteiger partial charge on any atom is -0.420 e. The van der Waals surface area contributed by atoms with E-state index in [0.29, 0.717) is 24.9 Å². The predicted octanol–water partition coefficient (Wildman–Crippen LogP) is 2.84. The molecular weight excluding hydrogens is 482 g/mol. The van der Waals surface area contributed by atoms with E-state index in [4.69, 9.17) is 14.5 Å². The number of rotatable bonds is 8. The number of piperidine rings is 1. The fourth-order valence-electron chi connectivity index (χ4n) is 5.22. The molecule has 0 radical (unpaired) electrons. The molecule has 4 heterocycles. The first-order chi connectivity index (χ1) is 18.4. The van der Waals surface area contributed by atoms with Crippen molar-refractivity contribution in [3.8, 4) is 11.5 Å². The zero-order valence-corrected chi connectivity index (χ0v) is 22.4. The van der Waals surface area contributed by atoms with Crippen LogP contribution in [0.4, 0.5) is 0 Å². The molecule has 0 bridgehead atoms. The Hall–Kier alpha value is -3.63. The summed E-state index contributed by atoms with van der Waals surface area (Å²) in [5.41, 5.74) is 7.28. The lowest BCUT2D eigenvalue weighted by Gasteiger charge is -2.32. The summed E-state index contributed by atoms with van der Waals surface area (Å²) >= 11 is 0. The maximum absolute atomic E-state index is 12.5. The number of nitrogens with one attached hydrogen (secondary N) is 1. The average Bonchev–Trinajstić information content (AvgIpc) is 3.56. The third-order valence-electron chi connectivity index (χ3n) is 7.42. The summed E-state index contributed by atoms with van der Waals surface area (Å²) in [6.07, 6.45) is 3.10. The molecule has 200 valence electrons. The van der Waals surface area contributed by atoms with E-state index < -0.39 is 6.04 Å². The normalized spacial score (nSPS) is 15.3. The van der Waals surface area contributed by atoms with E-state index in [1.807, 2.05) is 23.6 Å². The van der Waals surface area contributed by atoms with Crippen LogP contribution in [-0.2, 0) is 17.6 Å². The Morgan fingerprint density at radius 1 is 1.18 bits per heavy atom. The number of aryl methyl sites for hydroxylation is 3. The van der Waals surface area contributed by atoms with Crippen LogP contribution in [0.5, 0.6) is 0 Å². The van der Waals surface area contributed by atoms with Gasteiger partial charge in [0.25, 0.3) is 0 Å². The number of nitrogens with zero attached hydrogens (tertiary/aromatic N) is 6. The second-order valence-electron chi connectivity index (χ2n) is 10.00. The van der Waals surface area contributed by atoms with Gasteiger partial charge in [-0.05, 0) is 63.9 Å². The minimum absolute atomic E-state index is 0.0732. The second kappa shape index (κ2) is 11.0. The third kappa shape index (κ3) is 5.06. The fraction of sp³-hybridized carbons (Fsp3) is 0.464. The lowest BCUT2D eigenvalue weighted by molar-refractivity contribution is -0.135. The van der Waals surface area contributed by atoms with E-state index in [9.17, 15) is 9.90 Å². The van der Waals surface area contributed by atoms with Crippen LogP contribution in [0.15, 0.2) is 34.7 Å². The van der Waals surface area contributed by atoms with Crippen LogP contribution in [0.1, 0.15) is 59.8 Å². The topological polar surface area (TPSA) is 122 Å². The Bertz CT molecular complexity index is 1410. The Labute approximate surface area is 222 Å². The van der Waals surface area contributed by atoms with Crippen LogP contribution in [0.25, 0.3) is 17.1 Å². The van der Waals surface area contributed by atoms with Gasteiger partial charge < -0.3 is 19.7 Å². The lowest BCUT2D eigenvalue weighted by atomic mass is 9.96. The molecule has 1 aliphatic rings. The average molecular weight is 518 g/mol. The summed E-state index contributed by atoms with van der Waals surface area (Å²) in [6, 6.07) is 9.71. The highest BCUT2D eigenvalue weighted by Crippen LogP contribution is 2.30. The summed E-state index contributed by atoms with van der Waals surface area (Å²) < 4.78 is 8.01. The molecule has 10 nitrogen and oxygen atoms in total. The van der Waals surface area contributed by atoms with Crippen molar-refractivity contribution in [2.75, 3.05) is 26.7 Å². The molecule has 10 heteroatoms. The van der Waals surface area contributed by atoms with Gasteiger partial charge in [0, 0.05) is 47.9 Å². The number of likely N-dealkylation sites (N-methyl/N-ethyl adjacent to an activating group) is 1. The standard InChI is InChI=1S/C28H35N7O3/c1-5-23-22(25-30-17(2)14-18(3)35(25)33-23)15-19-6-8-20(9-7-19)26-31-32-27(38-26)21-10-12-34(13-11-21)28(37)24(16-36)29-4/h6-9,14,21,24,29,36H,5,10-13,15-16H2,1-4H3/t24-/m0/s1. The van der Waals surface area contributed by atoms with Crippen molar-refractivity contribution >= 4 is 11.6 Å². The van der Waals surface area contributed by atoms with Crippen molar-refractivity contribution in [2.24, 2.45) is 0 Å². The smallest absolute Gasteiger partial charge is 0.247 e. The number of aliphatic hydroxyl groups is 1. The molecule has 3 aromatic heterocycles. The minimum atomic E-state index is -0.560. The number of likely N-dealkylation sites (tertiary alicyclic amines) is 1. The van der Waals surface area contributed by atoms with Gasteiger partial charge in [0.2, 0.25) is 17.7 Å². The Kier molecular flexibility index (Phi) is 7.53. The van der Waals surface area contributed by atoms with Crippen molar-refractivity contribution in [2.45, 2.75) is 58.4 Å². The van der Waals surface area contributed by atoms with Gasteiger partial charge in [-0.25, -0.2) is 9.50 Å². The first-order valence-electron chi connectivity index (χ1n) is 13.3. The summed E-state index contributed by atoms with van der Waals surface area (Å²) in [7, 11) is 1.68. The third-order valence-corrected chi connectivity index (χ3v) is 7.42. The van der Waals surface area contributed by atoms with Gasteiger partial charge in [-0.15, -0.1) is 10.2 Å². The van der Waals surface area contributed by atoms with Crippen molar-refractivity contribution in [3.05, 3.63) is 64.4 Å². The van der Waals surface area contributed by atoms with Crippen LogP contribution < -0.4 is 5.32 Å². The van der Waals surface area contributed by atoms with Gasteiger partial charge in [0.15, 0.2) is 5.65 Å². The molecule has 1 fully saturated rings. The number of carbonyl (C=O) groups is 1. The van der Waals surface area contributed by atoms with Crippen molar-refractivity contribution < 1.29 is 14.3 Å². The van der Waals surface area contributed by atoms with Gasteiger partial charge in [-0.1, -0.05) is 19.1 Å².